The highest BCUT2D eigenvalue weighted by molar-refractivity contribution is 6.99. The minimum absolute atomic E-state index is 0.135. The van der Waals surface area contributed by atoms with Gasteiger partial charge in [-0.3, -0.25) is 0 Å². The van der Waals surface area contributed by atoms with Crippen molar-refractivity contribution in [1.29, 1.82) is 0 Å². The largest absolute Gasteiger partial charge is 0.469 e. The fourth-order valence-electron chi connectivity index (χ4n) is 6.98. The number of benzene rings is 3. The molecular formula is C41H59NO3Si. The number of aliphatic hydroxyl groups is 1. The van der Waals surface area contributed by atoms with Crippen molar-refractivity contribution in [1.82, 2.24) is 0 Å². The van der Waals surface area contributed by atoms with Gasteiger partial charge in [0.2, 0.25) is 5.90 Å². The Bertz CT molecular complexity index is 1240. The molecule has 0 radical (unpaired) electrons. The Morgan fingerprint density at radius 2 is 1.15 bits per heavy atom. The second-order valence-electron chi connectivity index (χ2n) is 14.2. The third-order valence-corrected chi connectivity index (χ3v) is 14.6. The molecule has 0 saturated heterocycles. The maximum absolute atomic E-state index is 11.5. The van der Waals surface area contributed by atoms with Crippen LogP contribution < -0.4 is 10.4 Å². The molecule has 3 aromatic carbocycles. The predicted molar refractivity (Wildman–Crippen MR) is 197 cm³/mol. The summed E-state index contributed by atoms with van der Waals surface area (Å²) in [6.45, 7) is 9.55. The number of aliphatic imine (C=N–C) groups is 1. The molecule has 5 heteroatoms. The molecule has 0 aromatic heterocycles. The summed E-state index contributed by atoms with van der Waals surface area (Å²) in [5, 5.41) is 13.9. The molecule has 0 fully saturated rings. The number of nitrogens with zero attached hydrogens (tertiary/aromatic N) is 1. The van der Waals surface area contributed by atoms with Crippen LogP contribution in [0, 0.1) is 0 Å². The van der Waals surface area contributed by atoms with Gasteiger partial charge < -0.3 is 14.3 Å². The van der Waals surface area contributed by atoms with Gasteiger partial charge in [-0.15, -0.1) is 0 Å². The van der Waals surface area contributed by atoms with Gasteiger partial charge in [-0.2, -0.15) is 0 Å². The van der Waals surface area contributed by atoms with Crippen molar-refractivity contribution in [2.75, 3.05) is 6.61 Å². The van der Waals surface area contributed by atoms with Crippen LogP contribution in [-0.2, 0) is 9.16 Å². The van der Waals surface area contributed by atoms with Crippen LogP contribution in [0.15, 0.2) is 96.0 Å². The van der Waals surface area contributed by atoms with E-state index in [1.807, 2.05) is 30.3 Å². The summed E-state index contributed by atoms with van der Waals surface area (Å²) in [5.74, 6) is 0.607. The van der Waals surface area contributed by atoms with Crippen molar-refractivity contribution in [3.05, 3.63) is 96.6 Å². The first kappa shape index (κ1) is 36.1. The molecule has 3 atom stereocenters. The van der Waals surface area contributed by atoms with Gasteiger partial charge >= 0.3 is 0 Å². The Morgan fingerprint density at radius 1 is 0.696 bits per heavy atom. The zero-order valence-electron chi connectivity index (χ0n) is 29.0. The molecule has 3 aromatic rings. The van der Waals surface area contributed by atoms with E-state index in [0.29, 0.717) is 12.5 Å². The van der Waals surface area contributed by atoms with Crippen molar-refractivity contribution in [2.24, 2.45) is 4.99 Å². The van der Waals surface area contributed by atoms with Gasteiger partial charge in [0, 0.05) is 5.56 Å². The number of hydrogen-bond donors (Lipinski definition) is 1. The third-order valence-electron chi connectivity index (χ3n) is 9.55. The second-order valence-corrected chi connectivity index (χ2v) is 18.5. The number of hydrogen-bond acceptors (Lipinski definition) is 4. The van der Waals surface area contributed by atoms with E-state index in [0.717, 1.165) is 24.8 Å². The standard InChI is InChI=1S/C41H59NO3Si/c1-5-6-7-8-9-10-11-12-13-14-15-25-32-38(43)39-37(42-40(45-39)34-26-19-16-20-27-34)33-44-46(41(2,3)4,35-28-21-17-22-29-35)36-30-23-18-24-31-36/h16-24,26-31,37-39,43H,5-15,25,32-33H2,1-4H3/t37-,38-,39-/m0/s1. The Balaban J connectivity index is 1.41. The average molecular weight is 642 g/mol. The number of rotatable bonds is 20. The van der Waals surface area contributed by atoms with Crippen molar-refractivity contribution in [3.63, 3.8) is 0 Å². The van der Waals surface area contributed by atoms with E-state index in [1.165, 1.54) is 74.6 Å². The van der Waals surface area contributed by atoms with E-state index in [-0.39, 0.29) is 11.1 Å². The first-order valence-electron chi connectivity index (χ1n) is 18.1. The van der Waals surface area contributed by atoms with E-state index in [1.54, 1.807) is 0 Å². The maximum atomic E-state index is 11.5. The van der Waals surface area contributed by atoms with Crippen molar-refractivity contribution < 1.29 is 14.3 Å². The van der Waals surface area contributed by atoms with E-state index in [4.69, 9.17) is 14.2 Å². The lowest BCUT2D eigenvalue weighted by atomic mass is 10.00. The van der Waals surface area contributed by atoms with Gasteiger partial charge in [0.1, 0.15) is 6.04 Å². The Kier molecular flexibility index (Phi) is 14.6. The Labute approximate surface area is 280 Å². The SMILES string of the molecule is CCCCCCCCCCCCCC[C@H](O)[C@H]1OC(c2ccccc2)=N[C@H]1CO[Si](c1ccccc1)(c1ccccc1)C(C)(C)C. The monoisotopic (exact) mass is 641 g/mol. The molecular weight excluding hydrogens is 583 g/mol. The lowest BCUT2D eigenvalue weighted by molar-refractivity contribution is 0.0139. The van der Waals surface area contributed by atoms with Gasteiger partial charge in [0.15, 0.2) is 6.10 Å². The summed E-state index contributed by atoms with van der Waals surface area (Å²) in [6.07, 6.45) is 15.3. The molecule has 1 N–H and O–H groups in total. The molecule has 4 rings (SSSR count). The van der Waals surface area contributed by atoms with Gasteiger partial charge in [-0.05, 0) is 34.0 Å². The summed E-state index contributed by atoms with van der Waals surface area (Å²) in [6, 6.07) is 31.2. The third kappa shape index (κ3) is 9.89. The quantitative estimate of drug-likeness (QED) is 0.0989. The molecule has 0 saturated carbocycles. The summed E-state index contributed by atoms with van der Waals surface area (Å²) in [4.78, 5) is 5.07. The minimum atomic E-state index is -2.75. The predicted octanol–water partition coefficient (Wildman–Crippen LogP) is 9.23. The first-order chi connectivity index (χ1) is 22.4. The van der Waals surface area contributed by atoms with Gasteiger partial charge in [-0.25, -0.2) is 4.99 Å². The van der Waals surface area contributed by atoms with Crippen LogP contribution in [0.5, 0.6) is 0 Å². The average Bonchev–Trinajstić information content (AvgIpc) is 3.51. The highest BCUT2D eigenvalue weighted by Crippen LogP contribution is 2.37. The van der Waals surface area contributed by atoms with E-state index < -0.39 is 20.5 Å². The van der Waals surface area contributed by atoms with Gasteiger partial charge in [0.05, 0.1) is 12.7 Å². The highest BCUT2D eigenvalue weighted by atomic mass is 28.4. The molecule has 46 heavy (non-hydrogen) atoms. The zero-order chi connectivity index (χ0) is 32.7. The summed E-state index contributed by atoms with van der Waals surface area (Å²) < 4.78 is 13.7. The molecule has 0 amide bonds. The molecule has 0 spiro atoms. The summed E-state index contributed by atoms with van der Waals surface area (Å²) in [7, 11) is -2.75. The van der Waals surface area contributed by atoms with E-state index in [2.05, 4.69) is 88.4 Å². The topological polar surface area (TPSA) is 51.0 Å². The lowest BCUT2D eigenvalue weighted by Crippen LogP contribution is -2.67. The highest BCUT2D eigenvalue weighted by Gasteiger charge is 2.51. The fourth-order valence-corrected chi connectivity index (χ4v) is 11.6. The smallest absolute Gasteiger partial charge is 0.261 e. The summed E-state index contributed by atoms with van der Waals surface area (Å²) in [5.41, 5.74) is 0.943. The van der Waals surface area contributed by atoms with Gasteiger partial charge in [0.25, 0.3) is 8.32 Å². The second kappa shape index (κ2) is 18.6. The summed E-state index contributed by atoms with van der Waals surface area (Å²) >= 11 is 0. The molecule has 250 valence electrons. The zero-order valence-corrected chi connectivity index (χ0v) is 30.0. The van der Waals surface area contributed by atoms with Crippen LogP contribution in [0.3, 0.4) is 0 Å². The normalized spacial score (nSPS) is 17.5. The molecule has 1 aliphatic rings. The molecule has 0 unspecified atom stereocenters. The van der Waals surface area contributed by atoms with Crippen LogP contribution in [0.2, 0.25) is 5.04 Å². The van der Waals surface area contributed by atoms with Crippen molar-refractivity contribution in [2.45, 2.75) is 134 Å². The van der Waals surface area contributed by atoms with Crippen LogP contribution in [0.1, 0.15) is 117 Å². The minimum Gasteiger partial charge on any atom is -0.469 e. The Morgan fingerprint density at radius 3 is 1.63 bits per heavy atom. The first-order valence-corrected chi connectivity index (χ1v) is 20.0. The molecule has 1 aliphatic heterocycles. The number of ether oxygens (including phenoxy) is 1. The van der Waals surface area contributed by atoms with Crippen LogP contribution in [0.25, 0.3) is 0 Å². The van der Waals surface area contributed by atoms with Crippen molar-refractivity contribution in [3.8, 4) is 0 Å². The van der Waals surface area contributed by atoms with E-state index in [9.17, 15) is 5.11 Å². The van der Waals surface area contributed by atoms with Crippen molar-refractivity contribution >= 4 is 24.6 Å². The van der Waals surface area contributed by atoms with Gasteiger partial charge in [-0.1, -0.05) is 184 Å². The maximum Gasteiger partial charge on any atom is 0.261 e. The molecule has 0 bridgehead atoms. The molecule has 0 aliphatic carbocycles. The van der Waals surface area contributed by atoms with Crippen LogP contribution in [-0.4, -0.2) is 44.2 Å². The lowest BCUT2D eigenvalue weighted by Gasteiger charge is -2.43. The number of unbranched alkanes of at least 4 members (excludes halogenated alkanes) is 11. The molecule has 4 nitrogen and oxygen atoms in total. The number of aliphatic hydroxyl groups excluding tert-OH is 1. The van der Waals surface area contributed by atoms with Crippen LogP contribution in [0.4, 0.5) is 0 Å². The Hall–Kier alpha value is -2.73. The van der Waals surface area contributed by atoms with E-state index >= 15 is 0 Å². The molecule has 1 heterocycles. The van der Waals surface area contributed by atoms with Crippen LogP contribution >= 0.6 is 0 Å². The fraction of sp³-hybridized carbons (Fsp3) is 0.537.